The van der Waals surface area contributed by atoms with Gasteiger partial charge in [-0.15, -0.1) is 5.10 Å². The quantitative estimate of drug-likeness (QED) is 0.781. The standard InChI is InChI=1S/C19H20N6O/c20-16-10-12-24(13-11-16)19(26)15-8-6-14(7-9-15)18-21-22-23-25(18)17-4-2-1-3-5-17/h1-9,16H,10-13,20H2. The van der Waals surface area contributed by atoms with Gasteiger partial charge in [0.15, 0.2) is 5.82 Å². The maximum Gasteiger partial charge on any atom is 0.253 e. The summed E-state index contributed by atoms with van der Waals surface area (Å²) in [4.78, 5) is 14.5. The number of carbonyl (C=O) groups excluding carboxylic acids is 1. The number of tetrazole rings is 1. The van der Waals surface area contributed by atoms with Crippen molar-refractivity contribution in [2.75, 3.05) is 13.1 Å². The summed E-state index contributed by atoms with van der Waals surface area (Å²) < 4.78 is 1.68. The molecule has 3 aromatic rings. The summed E-state index contributed by atoms with van der Waals surface area (Å²) in [6, 6.07) is 17.3. The Morgan fingerprint density at radius 1 is 1.00 bits per heavy atom. The number of para-hydroxylation sites is 1. The highest BCUT2D eigenvalue weighted by molar-refractivity contribution is 5.94. The Hall–Kier alpha value is -3.06. The van der Waals surface area contributed by atoms with E-state index in [1.165, 1.54) is 0 Å². The van der Waals surface area contributed by atoms with E-state index in [4.69, 9.17) is 5.73 Å². The largest absolute Gasteiger partial charge is 0.339 e. The molecule has 0 radical (unpaired) electrons. The van der Waals surface area contributed by atoms with Crippen LogP contribution in [-0.2, 0) is 0 Å². The average molecular weight is 348 g/mol. The molecule has 1 saturated heterocycles. The van der Waals surface area contributed by atoms with E-state index >= 15 is 0 Å². The highest BCUT2D eigenvalue weighted by Crippen LogP contribution is 2.21. The molecule has 132 valence electrons. The molecule has 1 aliphatic heterocycles. The molecule has 2 aromatic carbocycles. The predicted octanol–water partition coefficient (Wildman–Crippen LogP) is 1.89. The van der Waals surface area contributed by atoms with Crippen LogP contribution in [-0.4, -0.2) is 50.1 Å². The van der Waals surface area contributed by atoms with Crippen molar-refractivity contribution in [1.29, 1.82) is 0 Å². The van der Waals surface area contributed by atoms with Gasteiger partial charge in [0, 0.05) is 30.3 Å². The average Bonchev–Trinajstić information content (AvgIpc) is 3.19. The summed E-state index contributed by atoms with van der Waals surface area (Å²) in [5.41, 5.74) is 8.33. The van der Waals surface area contributed by atoms with E-state index < -0.39 is 0 Å². The molecular formula is C19H20N6O. The smallest absolute Gasteiger partial charge is 0.253 e. The van der Waals surface area contributed by atoms with Gasteiger partial charge in [0.1, 0.15) is 0 Å². The van der Waals surface area contributed by atoms with Crippen molar-refractivity contribution in [2.45, 2.75) is 18.9 Å². The molecule has 0 spiro atoms. The van der Waals surface area contributed by atoms with Gasteiger partial charge in [-0.1, -0.05) is 30.3 Å². The zero-order chi connectivity index (χ0) is 17.9. The number of rotatable bonds is 3. The number of hydrogen-bond donors (Lipinski definition) is 1. The second-order valence-electron chi connectivity index (χ2n) is 6.46. The lowest BCUT2D eigenvalue weighted by molar-refractivity contribution is 0.0715. The molecule has 0 atom stereocenters. The lowest BCUT2D eigenvalue weighted by Gasteiger charge is -2.30. The lowest BCUT2D eigenvalue weighted by Crippen LogP contribution is -2.42. The molecule has 2 heterocycles. The number of piperidine rings is 1. The molecule has 2 N–H and O–H groups in total. The van der Waals surface area contributed by atoms with Crippen molar-refractivity contribution < 1.29 is 4.79 Å². The molecule has 26 heavy (non-hydrogen) atoms. The molecule has 7 heteroatoms. The Morgan fingerprint density at radius 2 is 1.69 bits per heavy atom. The van der Waals surface area contributed by atoms with Gasteiger partial charge < -0.3 is 10.6 Å². The van der Waals surface area contributed by atoms with Crippen LogP contribution in [0.3, 0.4) is 0 Å². The number of nitrogens with two attached hydrogens (primary N) is 1. The first-order valence-corrected chi connectivity index (χ1v) is 8.71. The zero-order valence-electron chi connectivity index (χ0n) is 14.3. The molecule has 7 nitrogen and oxygen atoms in total. The van der Waals surface area contributed by atoms with Crippen molar-refractivity contribution in [3.05, 3.63) is 60.2 Å². The third-order valence-electron chi connectivity index (χ3n) is 4.69. The van der Waals surface area contributed by atoms with Crippen LogP contribution in [0.1, 0.15) is 23.2 Å². The first kappa shape index (κ1) is 16.4. The first-order valence-electron chi connectivity index (χ1n) is 8.71. The Labute approximate surface area is 151 Å². The van der Waals surface area contributed by atoms with Crippen molar-refractivity contribution in [3.63, 3.8) is 0 Å². The van der Waals surface area contributed by atoms with Crippen molar-refractivity contribution in [1.82, 2.24) is 25.1 Å². The molecule has 1 amide bonds. The maximum absolute atomic E-state index is 12.6. The van der Waals surface area contributed by atoms with E-state index in [1.54, 1.807) is 4.68 Å². The van der Waals surface area contributed by atoms with Crippen molar-refractivity contribution in [2.24, 2.45) is 5.73 Å². The fourth-order valence-electron chi connectivity index (χ4n) is 3.16. The van der Waals surface area contributed by atoms with Gasteiger partial charge in [0.2, 0.25) is 0 Å². The van der Waals surface area contributed by atoms with Crippen LogP contribution >= 0.6 is 0 Å². The van der Waals surface area contributed by atoms with E-state index in [1.807, 2.05) is 59.5 Å². The Bertz CT molecular complexity index is 882. The Morgan fingerprint density at radius 3 is 2.38 bits per heavy atom. The van der Waals surface area contributed by atoms with Crippen LogP contribution in [0.5, 0.6) is 0 Å². The zero-order valence-corrected chi connectivity index (χ0v) is 14.3. The minimum absolute atomic E-state index is 0.0473. The molecule has 4 rings (SSSR count). The van der Waals surface area contributed by atoms with Gasteiger partial charge in [-0.25, -0.2) is 0 Å². The minimum Gasteiger partial charge on any atom is -0.339 e. The van der Waals surface area contributed by atoms with E-state index in [-0.39, 0.29) is 11.9 Å². The number of hydrogen-bond acceptors (Lipinski definition) is 5. The molecule has 0 saturated carbocycles. The fraction of sp³-hybridized carbons (Fsp3) is 0.263. The van der Waals surface area contributed by atoms with Gasteiger partial charge in [0.25, 0.3) is 5.91 Å². The summed E-state index contributed by atoms with van der Waals surface area (Å²) in [5.74, 6) is 0.685. The lowest BCUT2D eigenvalue weighted by atomic mass is 10.0. The molecule has 1 fully saturated rings. The number of amides is 1. The van der Waals surface area contributed by atoms with Gasteiger partial charge in [-0.05, 0) is 47.5 Å². The number of aromatic nitrogens is 4. The highest BCUT2D eigenvalue weighted by atomic mass is 16.2. The third kappa shape index (κ3) is 3.21. The Balaban J connectivity index is 1.56. The van der Waals surface area contributed by atoms with Crippen LogP contribution in [0.15, 0.2) is 54.6 Å². The highest BCUT2D eigenvalue weighted by Gasteiger charge is 2.21. The van der Waals surface area contributed by atoms with E-state index in [0.29, 0.717) is 24.5 Å². The van der Waals surface area contributed by atoms with Crippen molar-refractivity contribution >= 4 is 5.91 Å². The molecule has 0 bridgehead atoms. The summed E-state index contributed by atoms with van der Waals surface area (Å²) in [6.45, 7) is 1.43. The van der Waals surface area contributed by atoms with Crippen LogP contribution in [0.25, 0.3) is 17.1 Å². The molecule has 1 aromatic heterocycles. The fourth-order valence-corrected chi connectivity index (χ4v) is 3.16. The van der Waals surface area contributed by atoms with Gasteiger partial charge in [-0.2, -0.15) is 4.68 Å². The number of benzene rings is 2. The maximum atomic E-state index is 12.6. The number of likely N-dealkylation sites (tertiary alicyclic amines) is 1. The second kappa shape index (κ2) is 7.05. The summed E-state index contributed by atoms with van der Waals surface area (Å²) in [5, 5.41) is 12.0. The first-order chi connectivity index (χ1) is 12.7. The minimum atomic E-state index is 0.0473. The summed E-state index contributed by atoms with van der Waals surface area (Å²) >= 11 is 0. The van der Waals surface area contributed by atoms with E-state index in [2.05, 4.69) is 15.5 Å². The second-order valence-corrected chi connectivity index (χ2v) is 6.46. The van der Waals surface area contributed by atoms with Crippen LogP contribution < -0.4 is 5.73 Å². The van der Waals surface area contributed by atoms with Crippen LogP contribution in [0.2, 0.25) is 0 Å². The number of nitrogens with zero attached hydrogens (tertiary/aromatic N) is 5. The molecule has 1 aliphatic rings. The van der Waals surface area contributed by atoms with Crippen LogP contribution in [0, 0.1) is 0 Å². The third-order valence-corrected chi connectivity index (χ3v) is 4.69. The summed E-state index contributed by atoms with van der Waals surface area (Å²) in [6.07, 6.45) is 1.71. The van der Waals surface area contributed by atoms with Gasteiger partial charge in [-0.3, -0.25) is 4.79 Å². The van der Waals surface area contributed by atoms with Gasteiger partial charge in [0.05, 0.1) is 5.69 Å². The van der Waals surface area contributed by atoms with Gasteiger partial charge >= 0.3 is 0 Å². The SMILES string of the molecule is NC1CCN(C(=O)c2ccc(-c3nnnn3-c3ccccc3)cc2)CC1. The Kier molecular flexibility index (Phi) is 4.45. The molecule has 0 aliphatic carbocycles. The summed E-state index contributed by atoms with van der Waals surface area (Å²) in [7, 11) is 0. The topological polar surface area (TPSA) is 89.9 Å². The van der Waals surface area contributed by atoms with Crippen molar-refractivity contribution in [3.8, 4) is 17.1 Å². The normalized spacial score (nSPS) is 15.2. The van der Waals surface area contributed by atoms with E-state index in [9.17, 15) is 4.79 Å². The predicted molar refractivity (Wildman–Crippen MR) is 97.7 cm³/mol. The monoisotopic (exact) mass is 348 g/mol. The van der Waals surface area contributed by atoms with E-state index in [0.717, 1.165) is 24.1 Å². The number of carbonyl (C=O) groups is 1. The molecule has 0 unspecified atom stereocenters. The van der Waals surface area contributed by atoms with Crippen LogP contribution in [0.4, 0.5) is 0 Å². The molecular weight excluding hydrogens is 328 g/mol.